The minimum Gasteiger partial charge on any atom is -0.505 e. The fourth-order valence-electron chi connectivity index (χ4n) is 2.87. The van der Waals surface area contributed by atoms with Gasteiger partial charge in [0.25, 0.3) is 5.91 Å². The van der Waals surface area contributed by atoms with Crippen molar-refractivity contribution in [3.8, 4) is 5.75 Å². The molecule has 23 heavy (non-hydrogen) atoms. The molecule has 0 spiro atoms. The third-order valence-corrected chi connectivity index (χ3v) is 4.06. The molecule has 0 aliphatic carbocycles. The van der Waals surface area contributed by atoms with Gasteiger partial charge in [-0.1, -0.05) is 5.21 Å². The molecule has 1 saturated heterocycles. The van der Waals surface area contributed by atoms with E-state index in [1.54, 1.807) is 29.9 Å². The second kappa shape index (κ2) is 5.96. The van der Waals surface area contributed by atoms with Gasteiger partial charge in [-0.15, -0.1) is 5.10 Å². The highest BCUT2D eigenvalue weighted by Crippen LogP contribution is 2.30. The van der Waals surface area contributed by atoms with Gasteiger partial charge in [-0.05, 0) is 18.6 Å². The standard InChI is InChI=1S/C15H19N5O3/c1-9-4-12(21)14(16-5-9)15(22)20-6-10(13(8-20)23-3)11-7-19(2)18-17-11/h4-5,7,10,13,21H,6,8H2,1-3H3/t10-,13+/m0/s1. The van der Waals surface area contributed by atoms with E-state index in [4.69, 9.17) is 4.74 Å². The number of ether oxygens (including phenoxy) is 1. The van der Waals surface area contributed by atoms with Crippen LogP contribution >= 0.6 is 0 Å². The Hall–Kier alpha value is -2.48. The number of hydrogen-bond donors (Lipinski definition) is 1. The summed E-state index contributed by atoms with van der Waals surface area (Å²) in [5.41, 5.74) is 1.65. The van der Waals surface area contributed by atoms with Gasteiger partial charge in [0.1, 0.15) is 5.75 Å². The molecule has 2 aromatic rings. The van der Waals surface area contributed by atoms with Crippen molar-refractivity contribution in [3.63, 3.8) is 0 Å². The minimum atomic E-state index is -0.309. The lowest BCUT2D eigenvalue weighted by atomic mass is 10.0. The average molecular weight is 317 g/mol. The number of likely N-dealkylation sites (tertiary alicyclic amines) is 1. The van der Waals surface area contributed by atoms with Crippen LogP contribution in [0.15, 0.2) is 18.5 Å². The Labute approximate surface area is 133 Å². The molecular formula is C15H19N5O3. The number of rotatable bonds is 3. The van der Waals surface area contributed by atoms with Crippen LogP contribution in [0.2, 0.25) is 0 Å². The number of carbonyl (C=O) groups is 1. The minimum absolute atomic E-state index is 0.0507. The van der Waals surface area contributed by atoms with Crippen LogP contribution in [-0.4, -0.2) is 62.2 Å². The first-order valence-electron chi connectivity index (χ1n) is 7.33. The highest BCUT2D eigenvalue weighted by molar-refractivity contribution is 5.95. The van der Waals surface area contributed by atoms with Crippen LogP contribution in [0, 0.1) is 6.92 Å². The zero-order valence-corrected chi connectivity index (χ0v) is 13.3. The van der Waals surface area contributed by atoms with Gasteiger partial charge in [0.2, 0.25) is 0 Å². The van der Waals surface area contributed by atoms with Crippen LogP contribution in [0.4, 0.5) is 0 Å². The zero-order chi connectivity index (χ0) is 16.6. The lowest BCUT2D eigenvalue weighted by molar-refractivity contribution is 0.0706. The van der Waals surface area contributed by atoms with Crippen molar-refractivity contribution in [2.75, 3.05) is 20.2 Å². The topological polar surface area (TPSA) is 93.4 Å². The van der Waals surface area contributed by atoms with Gasteiger partial charge in [-0.2, -0.15) is 0 Å². The van der Waals surface area contributed by atoms with Gasteiger partial charge in [-0.25, -0.2) is 4.98 Å². The highest BCUT2D eigenvalue weighted by atomic mass is 16.5. The molecule has 0 aromatic carbocycles. The summed E-state index contributed by atoms with van der Waals surface area (Å²) in [5, 5.41) is 18.0. The third-order valence-electron chi connectivity index (χ3n) is 4.06. The fraction of sp³-hybridized carbons (Fsp3) is 0.467. The van der Waals surface area contributed by atoms with E-state index in [1.165, 1.54) is 6.07 Å². The third kappa shape index (κ3) is 2.89. The predicted molar refractivity (Wildman–Crippen MR) is 81.1 cm³/mol. The molecule has 2 atom stereocenters. The molecule has 0 bridgehead atoms. The molecule has 1 aliphatic heterocycles. The summed E-state index contributed by atoms with van der Waals surface area (Å²) in [6, 6.07) is 1.53. The molecule has 0 saturated carbocycles. The summed E-state index contributed by atoms with van der Waals surface area (Å²) in [7, 11) is 3.41. The van der Waals surface area contributed by atoms with Gasteiger partial charge in [0.15, 0.2) is 5.69 Å². The van der Waals surface area contributed by atoms with Crippen LogP contribution in [-0.2, 0) is 11.8 Å². The number of nitrogens with zero attached hydrogens (tertiary/aromatic N) is 5. The van der Waals surface area contributed by atoms with Gasteiger partial charge in [0, 0.05) is 39.6 Å². The Morgan fingerprint density at radius 3 is 2.83 bits per heavy atom. The van der Waals surface area contributed by atoms with Crippen molar-refractivity contribution in [2.24, 2.45) is 7.05 Å². The summed E-state index contributed by atoms with van der Waals surface area (Å²) >= 11 is 0. The largest absolute Gasteiger partial charge is 0.505 e. The van der Waals surface area contributed by atoms with Crippen LogP contribution in [0.25, 0.3) is 0 Å². The monoisotopic (exact) mass is 317 g/mol. The summed E-state index contributed by atoms with van der Waals surface area (Å²) < 4.78 is 7.12. The van der Waals surface area contributed by atoms with Crippen LogP contribution in [0.5, 0.6) is 5.75 Å². The summed E-state index contributed by atoms with van der Waals surface area (Å²) in [5.74, 6) is -0.465. The van der Waals surface area contributed by atoms with Gasteiger partial charge in [0.05, 0.1) is 17.7 Å². The molecule has 8 heteroatoms. The van der Waals surface area contributed by atoms with Crippen molar-refractivity contribution < 1.29 is 14.6 Å². The van der Waals surface area contributed by atoms with E-state index in [0.29, 0.717) is 13.1 Å². The van der Waals surface area contributed by atoms with E-state index in [0.717, 1.165) is 11.3 Å². The van der Waals surface area contributed by atoms with Gasteiger partial charge >= 0.3 is 0 Å². The number of aromatic nitrogens is 4. The van der Waals surface area contributed by atoms with Crippen molar-refractivity contribution in [2.45, 2.75) is 18.9 Å². The molecule has 0 unspecified atom stereocenters. The maximum Gasteiger partial charge on any atom is 0.276 e. The van der Waals surface area contributed by atoms with Gasteiger partial charge < -0.3 is 14.7 Å². The summed E-state index contributed by atoms with van der Waals surface area (Å²) in [6.45, 7) is 2.68. The molecule has 1 aliphatic rings. The van der Waals surface area contributed by atoms with Crippen LogP contribution in [0.3, 0.4) is 0 Å². The molecule has 122 valence electrons. The molecule has 3 heterocycles. The smallest absolute Gasteiger partial charge is 0.276 e. The molecule has 3 rings (SSSR count). The molecule has 0 radical (unpaired) electrons. The quantitative estimate of drug-likeness (QED) is 0.885. The number of pyridine rings is 1. The lowest BCUT2D eigenvalue weighted by Crippen LogP contribution is -2.30. The van der Waals surface area contributed by atoms with E-state index in [1.807, 2.05) is 13.1 Å². The van der Waals surface area contributed by atoms with E-state index in [9.17, 15) is 9.90 Å². The maximum absolute atomic E-state index is 12.6. The lowest BCUT2D eigenvalue weighted by Gasteiger charge is -2.16. The molecular weight excluding hydrogens is 298 g/mol. The molecule has 1 N–H and O–H groups in total. The number of amides is 1. The molecule has 2 aromatic heterocycles. The first-order valence-corrected chi connectivity index (χ1v) is 7.33. The Balaban J connectivity index is 1.82. The summed E-state index contributed by atoms with van der Waals surface area (Å²) in [4.78, 5) is 18.3. The average Bonchev–Trinajstić information content (AvgIpc) is 3.12. The van der Waals surface area contributed by atoms with E-state index < -0.39 is 0 Å². The second-order valence-corrected chi connectivity index (χ2v) is 5.79. The van der Waals surface area contributed by atoms with E-state index in [2.05, 4.69) is 15.3 Å². The van der Waals surface area contributed by atoms with Crippen LogP contribution < -0.4 is 0 Å². The van der Waals surface area contributed by atoms with Crippen LogP contribution in [0.1, 0.15) is 27.7 Å². The number of hydrogen-bond acceptors (Lipinski definition) is 6. The van der Waals surface area contributed by atoms with Crippen molar-refractivity contribution in [1.29, 1.82) is 0 Å². The maximum atomic E-state index is 12.6. The predicted octanol–water partition coefficient (Wildman–Crippen LogP) is 0.479. The Morgan fingerprint density at radius 2 is 2.22 bits per heavy atom. The van der Waals surface area contributed by atoms with Crippen molar-refractivity contribution in [1.82, 2.24) is 24.9 Å². The fourth-order valence-corrected chi connectivity index (χ4v) is 2.87. The van der Waals surface area contributed by atoms with E-state index in [-0.39, 0.29) is 29.4 Å². The second-order valence-electron chi connectivity index (χ2n) is 5.79. The first kappa shape index (κ1) is 15.4. The molecule has 8 nitrogen and oxygen atoms in total. The van der Waals surface area contributed by atoms with Crippen molar-refractivity contribution >= 4 is 5.91 Å². The van der Waals surface area contributed by atoms with E-state index >= 15 is 0 Å². The number of aryl methyl sites for hydroxylation is 2. The Bertz CT molecular complexity index is 730. The zero-order valence-electron chi connectivity index (χ0n) is 13.3. The summed E-state index contributed by atoms with van der Waals surface area (Å²) in [6.07, 6.45) is 3.23. The SMILES string of the molecule is CO[C@@H]1CN(C(=O)c2ncc(C)cc2O)C[C@H]1c1cn(C)nn1. The molecule has 1 fully saturated rings. The van der Waals surface area contributed by atoms with Gasteiger partial charge in [-0.3, -0.25) is 9.48 Å². The number of carbonyl (C=O) groups excluding carboxylic acids is 1. The van der Waals surface area contributed by atoms with Crippen molar-refractivity contribution in [3.05, 3.63) is 35.4 Å². The number of aromatic hydroxyl groups is 1. The number of methoxy groups -OCH3 is 1. The normalized spacial score (nSPS) is 20.9. The Kier molecular flexibility index (Phi) is 3.99. The molecule has 1 amide bonds. The first-order chi connectivity index (χ1) is 11.0. The Morgan fingerprint density at radius 1 is 1.43 bits per heavy atom. The highest BCUT2D eigenvalue weighted by Gasteiger charge is 2.39.